The maximum atomic E-state index is 12.4. The molecule has 2 rings (SSSR count). The molecule has 1 aliphatic carbocycles. The molecule has 5 heteroatoms. The molecule has 5 nitrogen and oxygen atoms in total. The van der Waals surface area contributed by atoms with E-state index in [0.29, 0.717) is 24.4 Å². The number of amides is 2. The number of carbonyl (C=O) groups excluding carboxylic acids is 2. The third-order valence-corrected chi connectivity index (χ3v) is 5.72. The van der Waals surface area contributed by atoms with E-state index in [9.17, 15) is 9.59 Å². The van der Waals surface area contributed by atoms with Crippen molar-refractivity contribution in [1.82, 2.24) is 15.1 Å². The second-order valence-corrected chi connectivity index (χ2v) is 8.76. The zero-order chi connectivity index (χ0) is 17.9. The van der Waals surface area contributed by atoms with Gasteiger partial charge in [0, 0.05) is 37.6 Å². The van der Waals surface area contributed by atoms with Crippen molar-refractivity contribution in [2.24, 2.45) is 17.3 Å². The van der Waals surface area contributed by atoms with Crippen molar-refractivity contribution in [3.8, 4) is 0 Å². The van der Waals surface area contributed by atoms with Crippen LogP contribution in [-0.4, -0.2) is 60.4 Å². The van der Waals surface area contributed by atoms with E-state index >= 15 is 0 Å². The number of rotatable bonds is 3. The average Bonchev–Trinajstić information content (AvgIpc) is 2.51. The Bertz CT molecular complexity index is 450. The van der Waals surface area contributed by atoms with Gasteiger partial charge >= 0.3 is 0 Å². The van der Waals surface area contributed by atoms with Crippen LogP contribution in [0.15, 0.2) is 0 Å². The van der Waals surface area contributed by atoms with Crippen LogP contribution in [0.25, 0.3) is 0 Å². The third-order valence-electron chi connectivity index (χ3n) is 5.72. The van der Waals surface area contributed by atoms with Crippen LogP contribution in [-0.2, 0) is 9.59 Å². The smallest absolute Gasteiger partial charge is 0.234 e. The summed E-state index contributed by atoms with van der Waals surface area (Å²) >= 11 is 0. The molecule has 2 fully saturated rings. The summed E-state index contributed by atoms with van der Waals surface area (Å²) in [5.41, 5.74) is -0.326. The lowest BCUT2D eigenvalue weighted by Gasteiger charge is -2.38. The molecule has 1 heterocycles. The Labute approximate surface area is 147 Å². The molecule has 3 atom stereocenters. The summed E-state index contributed by atoms with van der Waals surface area (Å²) < 4.78 is 0. The molecular weight excluding hydrogens is 302 g/mol. The summed E-state index contributed by atoms with van der Waals surface area (Å²) in [4.78, 5) is 28.8. The third kappa shape index (κ3) is 4.95. The molecule has 2 amide bonds. The Morgan fingerprint density at radius 2 is 1.67 bits per heavy atom. The monoisotopic (exact) mass is 337 g/mol. The minimum Gasteiger partial charge on any atom is -0.352 e. The predicted octanol–water partition coefficient (Wildman–Crippen LogP) is 2.12. The van der Waals surface area contributed by atoms with Crippen LogP contribution < -0.4 is 5.32 Å². The van der Waals surface area contributed by atoms with Gasteiger partial charge in [-0.15, -0.1) is 0 Å². The van der Waals surface area contributed by atoms with Gasteiger partial charge in [0.1, 0.15) is 0 Å². The minimum absolute atomic E-state index is 0.136. The molecule has 1 saturated heterocycles. The van der Waals surface area contributed by atoms with Crippen molar-refractivity contribution < 1.29 is 9.59 Å². The molecule has 1 saturated carbocycles. The first-order chi connectivity index (χ1) is 11.2. The fourth-order valence-corrected chi connectivity index (χ4v) is 3.82. The summed E-state index contributed by atoms with van der Waals surface area (Å²) in [5.74, 6) is 1.59. The van der Waals surface area contributed by atoms with E-state index in [-0.39, 0.29) is 17.2 Å². The van der Waals surface area contributed by atoms with Crippen LogP contribution in [0, 0.1) is 17.3 Å². The standard InChI is InChI=1S/C19H35N3O2/c1-14-7-6-8-16(15(14)2)20-17(23)13-21-9-11-22(12-10-21)18(24)19(3,4)5/h14-16H,6-13H2,1-5H3,(H,20,23). The molecular formula is C19H35N3O2. The molecule has 0 radical (unpaired) electrons. The summed E-state index contributed by atoms with van der Waals surface area (Å²) in [5, 5.41) is 3.24. The Morgan fingerprint density at radius 3 is 2.25 bits per heavy atom. The molecule has 138 valence electrons. The number of carbonyl (C=O) groups is 2. The molecule has 0 aromatic rings. The molecule has 2 aliphatic rings. The SMILES string of the molecule is CC1CCCC(NC(=O)CN2CCN(C(=O)C(C)(C)C)CC2)C1C. The first-order valence-electron chi connectivity index (χ1n) is 9.49. The van der Waals surface area contributed by atoms with Gasteiger partial charge in [-0.1, -0.05) is 47.5 Å². The summed E-state index contributed by atoms with van der Waals surface area (Å²) in [6, 6.07) is 0.324. The van der Waals surface area contributed by atoms with Crippen molar-refractivity contribution in [2.75, 3.05) is 32.7 Å². The maximum absolute atomic E-state index is 12.4. The van der Waals surface area contributed by atoms with Gasteiger partial charge < -0.3 is 10.2 Å². The molecule has 0 bridgehead atoms. The summed E-state index contributed by atoms with van der Waals surface area (Å²) in [7, 11) is 0. The Balaban J connectivity index is 1.75. The number of hydrogen-bond acceptors (Lipinski definition) is 3. The Morgan fingerprint density at radius 1 is 1.04 bits per heavy atom. The number of piperazine rings is 1. The molecule has 1 N–H and O–H groups in total. The van der Waals surface area contributed by atoms with Gasteiger partial charge in [-0.05, 0) is 18.3 Å². The van der Waals surface area contributed by atoms with Crippen molar-refractivity contribution in [1.29, 1.82) is 0 Å². The molecule has 0 aromatic carbocycles. The Kier molecular flexibility index (Phi) is 6.29. The molecule has 0 spiro atoms. The van der Waals surface area contributed by atoms with Crippen LogP contribution in [0.2, 0.25) is 0 Å². The number of hydrogen-bond donors (Lipinski definition) is 1. The Hall–Kier alpha value is -1.10. The van der Waals surface area contributed by atoms with Gasteiger partial charge in [0.05, 0.1) is 6.54 Å². The first kappa shape index (κ1) is 19.2. The fourth-order valence-electron chi connectivity index (χ4n) is 3.82. The summed E-state index contributed by atoms with van der Waals surface area (Å²) in [6.07, 6.45) is 3.59. The molecule has 1 aliphatic heterocycles. The van der Waals surface area contributed by atoms with Crippen LogP contribution in [0.5, 0.6) is 0 Å². The highest BCUT2D eigenvalue weighted by molar-refractivity contribution is 5.81. The zero-order valence-electron chi connectivity index (χ0n) is 16.1. The minimum atomic E-state index is -0.326. The van der Waals surface area contributed by atoms with E-state index in [1.165, 1.54) is 12.8 Å². The van der Waals surface area contributed by atoms with Crippen molar-refractivity contribution in [2.45, 2.75) is 59.9 Å². The zero-order valence-corrected chi connectivity index (χ0v) is 16.1. The van der Waals surface area contributed by atoms with E-state index in [1.54, 1.807) is 0 Å². The largest absolute Gasteiger partial charge is 0.352 e. The quantitative estimate of drug-likeness (QED) is 0.858. The van der Waals surface area contributed by atoms with Crippen LogP contribution in [0.1, 0.15) is 53.9 Å². The van der Waals surface area contributed by atoms with Gasteiger partial charge in [-0.25, -0.2) is 0 Å². The van der Waals surface area contributed by atoms with Crippen LogP contribution in [0.4, 0.5) is 0 Å². The highest BCUT2D eigenvalue weighted by Crippen LogP contribution is 2.29. The van der Waals surface area contributed by atoms with Crippen molar-refractivity contribution >= 4 is 11.8 Å². The highest BCUT2D eigenvalue weighted by Gasteiger charge is 2.31. The second-order valence-electron chi connectivity index (χ2n) is 8.76. The first-order valence-corrected chi connectivity index (χ1v) is 9.49. The lowest BCUT2D eigenvalue weighted by atomic mass is 9.78. The number of nitrogens with one attached hydrogen (secondary N) is 1. The average molecular weight is 338 g/mol. The van der Waals surface area contributed by atoms with Gasteiger partial charge in [-0.3, -0.25) is 14.5 Å². The van der Waals surface area contributed by atoms with E-state index in [4.69, 9.17) is 0 Å². The fraction of sp³-hybridized carbons (Fsp3) is 0.895. The molecule has 24 heavy (non-hydrogen) atoms. The van der Waals surface area contributed by atoms with E-state index < -0.39 is 0 Å². The van der Waals surface area contributed by atoms with Crippen molar-refractivity contribution in [3.63, 3.8) is 0 Å². The highest BCUT2D eigenvalue weighted by atomic mass is 16.2. The van der Waals surface area contributed by atoms with Crippen LogP contribution in [0.3, 0.4) is 0 Å². The van der Waals surface area contributed by atoms with E-state index in [2.05, 4.69) is 24.1 Å². The maximum Gasteiger partial charge on any atom is 0.234 e. The normalized spacial score (nSPS) is 29.4. The van der Waals surface area contributed by atoms with E-state index in [0.717, 1.165) is 32.6 Å². The lowest BCUT2D eigenvalue weighted by molar-refractivity contribution is -0.141. The number of nitrogens with zero attached hydrogens (tertiary/aromatic N) is 2. The summed E-state index contributed by atoms with van der Waals surface area (Å²) in [6.45, 7) is 13.9. The molecule has 0 aromatic heterocycles. The van der Waals surface area contributed by atoms with Crippen LogP contribution >= 0.6 is 0 Å². The van der Waals surface area contributed by atoms with Gasteiger partial charge in [0.15, 0.2) is 0 Å². The van der Waals surface area contributed by atoms with E-state index in [1.807, 2.05) is 25.7 Å². The second kappa shape index (κ2) is 7.85. The van der Waals surface area contributed by atoms with Gasteiger partial charge in [-0.2, -0.15) is 0 Å². The van der Waals surface area contributed by atoms with Gasteiger partial charge in [0.2, 0.25) is 11.8 Å². The molecule has 3 unspecified atom stereocenters. The predicted molar refractivity (Wildman–Crippen MR) is 96.6 cm³/mol. The topological polar surface area (TPSA) is 52.7 Å². The van der Waals surface area contributed by atoms with Gasteiger partial charge in [0.25, 0.3) is 0 Å². The van der Waals surface area contributed by atoms with Crippen molar-refractivity contribution in [3.05, 3.63) is 0 Å². The lowest BCUT2D eigenvalue weighted by Crippen LogP contribution is -2.54.